The van der Waals surface area contributed by atoms with Crippen LogP contribution < -0.4 is 10.6 Å². The van der Waals surface area contributed by atoms with Crippen molar-refractivity contribution >= 4 is 29.1 Å². The zero-order valence-corrected chi connectivity index (χ0v) is 15.4. The first kappa shape index (κ1) is 17.7. The molecule has 138 valence electrons. The van der Waals surface area contributed by atoms with E-state index >= 15 is 0 Å². The Hall–Kier alpha value is -2.73. The van der Waals surface area contributed by atoms with Gasteiger partial charge in [0, 0.05) is 35.8 Å². The van der Waals surface area contributed by atoms with Crippen molar-refractivity contribution in [3.05, 3.63) is 59.6 Å². The van der Waals surface area contributed by atoms with Crippen LogP contribution in [0.4, 0.5) is 21.8 Å². The Balaban J connectivity index is 1.67. The molecule has 7 heteroatoms. The SMILES string of the molecule is Fc1ccc(Nc2cc(-c3cccnc3)nc(NC3CCCC3)n2)cc1Cl. The van der Waals surface area contributed by atoms with Crippen molar-refractivity contribution in [3.8, 4) is 11.3 Å². The molecule has 0 radical (unpaired) electrons. The summed E-state index contributed by atoms with van der Waals surface area (Å²) in [4.78, 5) is 13.4. The highest BCUT2D eigenvalue weighted by molar-refractivity contribution is 6.31. The largest absolute Gasteiger partial charge is 0.351 e. The van der Waals surface area contributed by atoms with E-state index in [1.165, 1.54) is 25.0 Å². The van der Waals surface area contributed by atoms with Gasteiger partial charge in [0.05, 0.1) is 10.7 Å². The molecule has 0 spiro atoms. The van der Waals surface area contributed by atoms with Crippen molar-refractivity contribution in [1.29, 1.82) is 0 Å². The number of aromatic nitrogens is 3. The summed E-state index contributed by atoms with van der Waals surface area (Å²) in [6, 6.07) is 10.5. The molecule has 0 aliphatic heterocycles. The van der Waals surface area contributed by atoms with Gasteiger partial charge in [0.15, 0.2) is 0 Å². The number of nitrogens with zero attached hydrogens (tertiary/aromatic N) is 3. The van der Waals surface area contributed by atoms with E-state index in [1.807, 2.05) is 18.2 Å². The average Bonchev–Trinajstić information content (AvgIpc) is 3.18. The average molecular weight is 384 g/mol. The summed E-state index contributed by atoms with van der Waals surface area (Å²) in [6.45, 7) is 0. The van der Waals surface area contributed by atoms with Gasteiger partial charge in [-0.05, 0) is 43.2 Å². The van der Waals surface area contributed by atoms with E-state index in [2.05, 4.69) is 25.6 Å². The molecule has 2 heterocycles. The smallest absolute Gasteiger partial charge is 0.225 e. The van der Waals surface area contributed by atoms with Crippen LogP contribution in [-0.2, 0) is 0 Å². The molecule has 0 saturated heterocycles. The maximum Gasteiger partial charge on any atom is 0.225 e. The van der Waals surface area contributed by atoms with Crippen LogP contribution in [0.2, 0.25) is 5.02 Å². The third-order valence-corrected chi connectivity index (χ3v) is 4.85. The summed E-state index contributed by atoms with van der Waals surface area (Å²) in [5.74, 6) is 0.718. The standard InChI is InChI=1S/C20H19ClFN5/c21-16-10-15(7-8-17(16)22)24-19-11-18(13-4-3-9-23-12-13)26-20(27-19)25-14-5-1-2-6-14/h3-4,7-12,14H,1-2,5-6H2,(H2,24,25,26,27). The number of hydrogen-bond donors (Lipinski definition) is 2. The van der Waals surface area contributed by atoms with E-state index in [1.54, 1.807) is 18.5 Å². The molecule has 27 heavy (non-hydrogen) atoms. The maximum atomic E-state index is 13.4. The molecule has 0 atom stereocenters. The minimum Gasteiger partial charge on any atom is -0.351 e. The maximum absolute atomic E-state index is 13.4. The number of hydrogen-bond acceptors (Lipinski definition) is 5. The molecule has 0 amide bonds. The molecule has 3 aromatic rings. The van der Waals surface area contributed by atoms with Crippen LogP contribution in [-0.4, -0.2) is 21.0 Å². The summed E-state index contributed by atoms with van der Waals surface area (Å²) in [7, 11) is 0. The predicted octanol–water partition coefficient (Wildman–Crippen LogP) is 5.43. The Kier molecular flexibility index (Phi) is 5.16. The zero-order chi connectivity index (χ0) is 18.6. The molecule has 4 rings (SSSR count). The van der Waals surface area contributed by atoms with Gasteiger partial charge in [-0.25, -0.2) is 9.37 Å². The van der Waals surface area contributed by atoms with Crippen LogP contribution in [0.15, 0.2) is 48.8 Å². The van der Waals surface area contributed by atoms with Crippen LogP contribution in [0.5, 0.6) is 0 Å². The van der Waals surface area contributed by atoms with Crippen LogP contribution in [0, 0.1) is 5.82 Å². The fourth-order valence-electron chi connectivity index (χ4n) is 3.21. The Morgan fingerprint density at radius 2 is 1.93 bits per heavy atom. The fraction of sp³-hybridized carbons (Fsp3) is 0.250. The van der Waals surface area contributed by atoms with Crippen LogP contribution in [0.3, 0.4) is 0 Å². The molecule has 1 aromatic carbocycles. The van der Waals surface area contributed by atoms with E-state index in [0.29, 0.717) is 23.5 Å². The van der Waals surface area contributed by atoms with Gasteiger partial charge in [-0.3, -0.25) is 4.98 Å². The summed E-state index contributed by atoms with van der Waals surface area (Å²) in [5, 5.41) is 6.67. The highest BCUT2D eigenvalue weighted by Gasteiger charge is 2.17. The molecule has 1 aliphatic carbocycles. The lowest BCUT2D eigenvalue weighted by Gasteiger charge is -2.15. The van der Waals surface area contributed by atoms with Gasteiger partial charge in [-0.2, -0.15) is 4.98 Å². The Bertz CT molecular complexity index is 929. The van der Waals surface area contributed by atoms with Crippen molar-refractivity contribution in [3.63, 3.8) is 0 Å². The number of rotatable bonds is 5. The van der Waals surface area contributed by atoms with Gasteiger partial charge in [-0.15, -0.1) is 0 Å². The van der Waals surface area contributed by atoms with E-state index in [0.717, 1.165) is 24.1 Å². The second-order valence-corrected chi connectivity index (χ2v) is 6.99. The lowest BCUT2D eigenvalue weighted by Crippen LogP contribution is -2.17. The number of nitrogens with one attached hydrogen (secondary N) is 2. The Labute approximate surface area is 162 Å². The Morgan fingerprint density at radius 3 is 2.67 bits per heavy atom. The molecular weight excluding hydrogens is 365 g/mol. The van der Waals surface area contributed by atoms with E-state index in [-0.39, 0.29) is 5.02 Å². The zero-order valence-electron chi connectivity index (χ0n) is 14.6. The Morgan fingerprint density at radius 1 is 1.07 bits per heavy atom. The first-order valence-corrected chi connectivity index (χ1v) is 9.33. The van der Waals surface area contributed by atoms with Gasteiger partial charge >= 0.3 is 0 Å². The van der Waals surface area contributed by atoms with Gasteiger partial charge in [0.25, 0.3) is 0 Å². The molecule has 2 aromatic heterocycles. The van der Waals surface area contributed by atoms with E-state index in [4.69, 9.17) is 11.6 Å². The second-order valence-electron chi connectivity index (χ2n) is 6.58. The quantitative estimate of drug-likeness (QED) is 0.615. The predicted molar refractivity (Wildman–Crippen MR) is 106 cm³/mol. The second kappa shape index (κ2) is 7.88. The fourth-order valence-corrected chi connectivity index (χ4v) is 3.39. The van der Waals surface area contributed by atoms with Gasteiger partial charge in [-0.1, -0.05) is 24.4 Å². The molecule has 1 fully saturated rings. The summed E-state index contributed by atoms with van der Waals surface area (Å²) < 4.78 is 13.4. The normalized spacial score (nSPS) is 14.3. The highest BCUT2D eigenvalue weighted by atomic mass is 35.5. The van der Waals surface area contributed by atoms with Crippen LogP contribution in [0.1, 0.15) is 25.7 Å². The molecule has 0 bridgehead atoms. The van der Waals surface area contributed by atoms with Crippen molar-refractivity contribution < 1.29 is 4.39 Å². The lowest BCUT2D eigenvalue weighted by atomic mass is 10.2. The van der Waals surface area contributed by atoms with Gasteiger partial charge in [0.1, 0.15) is 11.6 Å². The van der Waals surface area contributed by atoms with Crippen molar-refractivity contribution in [1.82, 2.24) is 15.0 Å². The third kappa shape index (κ3) is 4.34. The number of anilines is 3. The van der Waals surface area contributed by atoms with E-state index in [9.17, 15) is 4.39 Å². The molecule has 5 nitrogen and oxygen atoms in total. The van der Waals surface area contributed by atoms with Crippen LogP contribution in [0.25, 0.3) is 11.3 Å². The molecule has 1 saturated carbocycles. The first-order chi connectivity index (χ1) is 13.2. The molecule has 2 N–H and O–H groups in total. The summed E-state index contributed by atoms with van der Waals surface area (Å²) >= 11 is 5.88. The van der Waals surface area contributed by atoms with Crippen LogP contribution >= 0.6 is 11.6 Å². The van der Waals surface area contributed by atoms with E-state index < -0.39 is 5.82 Å². The monoisotopic (exact) mass is 383 g/mol. The minimum atomic E-state index is -0.454. The number of halogens is 2. The van der Waals surface area contributed by atoms with Crippen molar-refractivity contribution in [2.24, 2.45) is 0 Å². The molecular formula is C20H19ClFN5. The summed E-state index contributed by atoms with van der Waals surface area (Å²) in [5.41, 5.74) is 2.31. The first-order valence-electron chi connectivity index (χ1n) is 8.95. The molecule has 1 aliphatic rings. The minimum absolute atomic E-state index is 0.0610. The van der Waals surface area contributed by atoms with Gasteiger partial charge in [0.2, 0.25) is 5.95 Å². The highest BCUT2D eigenvalue weighted by Crippen LogP contribution is 2.27. The third-order valence-electron chi connectivity index (χ3n) is 4.56. The topological polar surface area (TPSA) is 62.7 Å². The lowest BCUT2D eigenvalue weighted by molar-refractivity contribution is 0.628. The van der Waals surface area contributed by atoms with Crippen molar-refractivity contribution in [2.45, 2.75) is 31.7 Å². The van der Waals surface area contributed by atoms with Gasteiger partial charge < -0.3 is 10.6 Å². The number of pyridine rings is 1. The molecule has 0 unspecified atom stereocenters. The summed E-state index contributed by atoms with van der Waals surface area (Å²) in [6.07, 6.45) is 8.17. The number of benzene rings is 1. The van der Waals surface area contributed by atoms with Crippen molar-refractivity contribution in [2.75, 3.05) is 10.6 Å².